The van der Waals surface area contributed by atoms with Crippen LogP contribution in [0.2, 0.25) is 0 Å². The smallest absolute Gasteiger partial charge is 0.164 e. The second kappa shape index (κ2) is 8.25. The van der Waals surface area contributed by atoms with Crippen molar-refractivity contribution in [3.05, 3.63) is 0 Å². The minimum atomic E-state index is -0.528. The molecule has 104 valence electrons. The van der Waals surface area contributed by atoms with Crippen LogP contribution >= 0.6 is 35.9 Å². The van der Waals surface area contributed by atoms with Crippen LogP contribution in [0.3, 0.4) is 0 Å². The van der Waals surface area contributed by atoms with Gasteiger partial charge in [0.15, 0.2) is 16.9 Å². The van der Waals surface area contributed by atoms with Crippen LogP contribution in [-0.2, 0) is 27.7 Å². The highest BCUT2D eigenvalue weighted by molar-refractivity contribution is 7.26. The van der Waals surface area contributed by atoms with Gasteiger partial charge in [-0.1, -0.05) is 0 Å². The Morgan fingerprint density at radius 3 is 1.39 bits per heavy atom. The van der Waals surface area contributed by atoms with Crippen molar-refractivity contribution in [2.24, 2.45) is 0 Å². The maximum atomic E-state index is 11.3. The highest BCUT2D eigenvalue weighted by atomic mass is 31.1. The van der Waals surface area contributed by atoms with Gasteiger partial charge in [-0.2, -0.15) is 0 Å². The molecule has 0 radical (unpaired) electrons. The zero-order chi connectivity index (χ0) is 13.7. The molecule has 0 aromatic carbocycles. The summed E-state index contributed by atoms with van der Waals surface area (Å²) < 4.78 is 43.9. The summed E-state index contributed by atoms with van der Waals surface area (Å²) in [6, 6.07) is 0. The molecule has 1 fully saturated rings. The van der Waals surface area contributed by atoms with E-state index < -0.39 is 35.7 Å². The van der Waals surface area contributed by atoms with Crippen LogP contribution < -0.4 is 0 Å². The van der Waals surface area contributed by atoms with Crippen LogP contribution in [0.5, 0.6) is 0 Å². The average Bonchev–Trinajstić information content (AvgIpc) is 2.43. The lowest BCUT2D eigenvalue weighted by Gasteiger charge is -2.44. The molecule has 1 saturated carbocycles. The van der Waals surface area contributed by atoms with Crippen LogP contribution in [0.4, 0.5) is 0 Å². The summed E-state index contributed by atoms with van der Waals surface area (Å²) in [5, 5.41) is 0. The molecular weight excluding hydrogens is 316 g/mol. The zero-order valence-corrected chi connectivity index (χ0v) is 14.1. The molecule has 0 heterocycles. The van der Waals surface area contributed by atoms with Gasteiger partial charge < -0.3 is 18.5 Å². The van der Waals surface area contributed by atoms with E-state index in [1.54, 1.807) is 0 Å². The lowest BCUT2D eigenvalue weighted by Crippen LogP contribution is -2.61. The van der Waals surface area contributed by atoms with Gasteiger partial charge in [0, 0.05) is 33.2 Å². The molecule has 1 rings (SSSR count). The summed E-state index contributed by atoms with van der Waals surface area (Å²) in [5.41, 5.74) is -0.952. The number of methoxy groups -OCH3 is 2. The van der Waals surface area contributed by atoms with Crippen LogP contribution in [-0.4, -0.2) is 50.0 Å². The van der Waals surface area contributed by atoms with Gasteiger partial charge in [0.05, 0.1) is 17.4 Å². The van der Waals surface area contributed by atoms with Crippen LogP contribution in [0.25, 0.3) is 0 Å². The molecule has 7 unspecified atom stereocenters. The third kappa shape index (κ3) is 3.14. The zero-order valence-electron chi connectivity index (χ0n) is 9.96. The molecule has 6 nitrogen and oxygen atoms in total. The van der Waals surface area contributed by atoms with Crippen molar-refractivity contribution >= 4 is 35.9 Å². The van der Waals surface area contributed by atoms with Gasteiger partial charge in [0.2, 0.25) is 0 Å². The Kier molecular flexibility index (Phi) is 7.77. The Bertz CT molecular complexity index is 269. The summed E-state index contributed by atoms with van der Waals surface area (Å²) in [6.45, 7) is 0. The summed E-state index contributed by atoms with van der Waals surface area (Å²) in [7, 11) is 6.96. The molecule has 18 heavy (non-hydrogen) atoms. The van der Waals surface area contributed by atoms with Crippen molar-refractivity contribution in [2.75, 3.05) is 14.2 Å². The third-order valence-electron chi connectivity index (χ3n) is 3.10. The largest absolute Gasteiger partial charge is 0.377 e. The highest BCUT2D eigenvalue weighted by Crippen LogP contribution is 2.41. The predicted molar refractivity (Wildman–Crippen MR) is 73.5 cm³/mol. The van der Waals surface area contributed by atoms with Gasteiger partial charge in [0.25, 0.3) is 0 Å². The molecule has 1 aliphatic rings. The maximum Gasteiger partial charge on any atom is 0.164 e. The first-order valence-electron chi connectivity index (χ1n) is 5.11. The van der Waals surface area contributed by atoms with E-state index in [9.17, 15) is 9.13 Å². The molecule has 10 heteroatoms. The van der Waals surface area contributed by atoms with Crippen molar-refractivity contribution in [3.8, 4) is 0 Å². The lowest BCUT2D eigenvalue weighted by molar-refractivity contribution is -0.112. The van der Waals surface area contributed by atoms with E-state index in [2.05, 4.69) is 18.9 Å². The van der Waals surface area contributed by atoms with Gasteiger partial charge in [-0.3, -0.25) is 9.13 Å². The molecule has 0 spiro atoms. The van der Waals surface area contributed by atoms with Crippen molar-refractivity contribution in [1.82, 2.24) is 0 Å². The van der Waals surface area contributed by atoms with E-state index in [0.29, 0.717) is 0 Å². The second-order valence-corrected chi connectivity index (χ2v) is 5.95. The summed E-state index contributed by atoms with van der Waals surface area (Å²) in [5.74, 6) is 0. The van der Waals surface area contributed by atoms with Gasteiger partial charge in [-0.25, -0.2) is 0 Å². The minimum Gasteiger partial charge on any atom is -0.377 e. The molecule has 0 aliphatic heterocycles. The molecule has 1 aliphatic carbocycles. The van der Waals surface area contributed by atoms with Gasteiger partial charge in [0.1, 0.15) is 18.3 Å². The molecule has 0 amide bonds. The van der Waals surface area contributed by atoms with Crippen LogP contribution in [0, 0.1) is 0 Å². The fourth-order valence-corrected chi connectivity index (χ4v) is 4.88. The van der Waals surface area contributed by atoms with Crippen molar-refractivity contribution in [3.63, 3.8) is 0 Å². The van der Waals surface area contributed by atoms with Gasteiger partial charge >= 0.3 is 0 Å². The van der Waals surface area contributed by atoms with E-state index in [4.69, 9.17) is 18.5 Å². The number of hydrogen-bond acceptors (Lipinski definition) is 6. The molecule has 0 aromatic rings. The summed E-state index contributed by atoms with van der Waals surface area (Å²) in [6.07, 6.45) is -1.97. The van der Waals surface area contributed by atoms with E-state index in [1.165, 1.54) is 14.2 Å². The quantitative estimate of drug-likeness (QED) is 0.690. The summed E-state index contributed by atoms with van der Waals surface area (Å²) >= 11 is 0. The first-order chi connectivity index (χ1) is 8.69. The Balaban J connectivity index is 3.14. The van der Waals surface area contributed by atoms with Crippen LogP contribution in [0.1, 0.15) is 0 Å². The minimum absolute atomic E-state index is 0.145. The average molecular weight is 332 g/mol. The Hall–Kier alpha value is 0.900. The number of rotatable bonds is 6. The highest BCUT2D eigenvalue weighted by Gasteiger charge is 2.53. The second-order valence-electron chi connectivity index (χ2n) is 3.79. The molecule has 0 N–H and O–H groups in total. The Morgan fingerprint density at radius 1 is 0.778 bits per heavy atom. The molecule has 0 aromatic heterocycles. The fourth-order valence-electron chi connectivity index (χ4n) is 2.25. The SMILES string of the molecule is COC1C(OP)C(OC)[C@@H](P=O)C(OP)C1P=O. The molecule has 0 saturated heterocycles. The monoisotopic (exact) mass is 332 g/mol. The summed E-state index contributed by atoms with van der Waals surface area (Å²) in [4.78, 5) is 0. The van der Waals surface area contributed by atoms with E-state index in [1.807, 2.05) is 0 Å². The van der Waals surface area contributed by atoms with Gasteiger partial charge in [-0.15, -0.1) is 0 Å². The Labute approximate surface area is 114 Å². The van der Waals surface area contributed by atoms with E-state index in [0.717, 1.165) is 0 Å². The Morgan fingerprint density at radius 2 is 1.17 bits per heavy atom. The van der Waals surface area contributed by atoms with Crippen molar-refractivity contribution in [1.29, 1.82) is 0 Å². The lowest BCUT2D eigenvalue weighted by atomic mass is 9.88. The van der Waals surface area contributed by atoms with Gasteiger partial charge in [-0.05, 0) is 0 Å². The number of hydrogen-bond donors (Lipinski definition) is 0. The molecule has 0 bridgehead atoms. The number of ether oxygens (including phenoxy) is 2. The first-order valence-corrected chi connectivity index (χ1v) is 7.82. The predicted octanol–water partition coefficient (Wildman–Crippen LogP) is 1.70. The van der Waals surface area contributed by atoms with Crippen molar-refractivity contribution < 1.29 is 27.7 Å². The molecule has 8 atom stereocenters. The molecular formula is C8H16O6P4. The van der Waals surface area contributed by atoms with Crippen LogP contribution in [0.15, 0.2) is 0 Å². The normalized spacial score (nSPS) is 41.3. The fraction of sp³-hybridized carbons (Fsp3) is 1.00. The topological polar surface area (TPSA) is 71.1 Å². The first kappa shape index (κ1) is 17.0. The maximum absolute atomic E-state index is 11.3. The standard InChI is InChI=1S/C8H16O6P4/c1-11-4-3(13-15)5(12-2)8(18-10)6(14-16)7(4)17-9/h3-8H,15-16H2,1-2H3/t3?,4?,5?,6?,7-,8?/m1/s1. The third-order valence-corrected chi connectivity index (χ3v) is 5.39. The van der Waals surface area contributed by atoms with Crippen molar-refractivity contribution in [2.45, 2.75) is 35.7 Å². The van der Waals surface area contributed by atoms with E-state index >= 15 is 0 Å². The van der Waals surface area contributed by atoms with E-state index in [-0.39, 0.29) is 16.9 Å².